The summed E-state index contributed by atoms with van der Waals surface area (Å²) in [7, 11) is 0. The monoisotopic (exact) mass is 277 g/mol. The van der Waals surface area contributed by atoms with Gasteiger partial charge in [0, 0.05) is 28.6 Å². The van der Waals surface area contributed by atoms with Crippen molar-refractivity contribution in [3.05, 3.63) is 39.8 Å². The number of halogens is 1. The number of H-pyrrole nitrogens is 1. The Balaban J connectivity index is 2.10. The van der Waals surface area contributed by atoms with Crippen LogP contribution in [0.25, 0.3) is 11.3 Å². The minimum Gasteiger partial charge on any atom is -0.345 e. The normalized spacial score (nSPS) is 12.6. The molecule has 3 N–H and O–H groups in total. The van der Waals surface area contributed by atoms with Crippen LogP contribution in [0.4, 0.5) is 0 Å². The molecule has 1 aromatic carbocycles. The van der Waals surface area contributed by atoms with Crippen LogP contribution < -0.4 is 5.73 Å². The zero-order valence-corrected chi connectivity index (χ0v) is 10.3. The predicted octanol–water partition coefficient (Wildman–Crippen LogP) is 2.24. The van der Waals surface area contributed by atoms with Gasteiger partial charge in [0.15, 0.2) is 0 Å². The van der Waals surface area contributed by atoms with E-state index in [1.54, 1.807) is 0 Å². The van der Waals surface area contributed by atoms with Gasteiger partial charge in [-0.25, -0.2) is 4.98 Å². The van der Waals surface area contributed by atoms with Crippen molar-refractivity contribution in [2.24, 2.45) is 5.73 Å². The molecule has 0 fully saturated rings. The van der Waals surface area contributed by atoms with Crippen molar-refractivity contribution >= 4 is 15.9 Å². The lowest BCUT2D eigenvalue weighted by Gasteiger charge is -2.01. The number of imidazole rings is 1. The van der Waals surface area contributed by atoms with Crippen molar-refractivity contribution in [3.63, 3.8) is 0 Å². The van der Waals surface area contributed by atoms with Gasteiger partial charge < -0.3 is 10.7 Å². The van der Waals surface area contributed by atoms with E-state index in [0.29, 0.717) is 6.54 Å². The summed E-state index contributed by atoms with van der Waals surface area (Å²) in [5.41, 5.74) is 10.4. The minimum atomic E-state index is 0.637. The second kappa shape index (κ2) is 3.71. The lowest BCUT2D eigenvalue weighted by atomic mass is 10.1. The Labute approximate surface area is 102 Å². The molecule has 4 heteroatoms. The van der Waals surface area contributed by atoms with E-state index >= 15 is 0 Å². The first-order valence-electron chi connectivity index (χ1n) is 5.35. The Hall–Kier alpha value is -1.13. The number of hydrogen-bond acceptors (Lipinski definition) is 2. The Morgan fingerprint density at radius 3 is 3.12 bits per heavy atom. The molecule has 0 aliphatic heterocycles. The SMILES string of the molecule is NCCc1nc2c([nH]1)Cc1c(Br)cccc1-2. The van der Waals surface area contributed by atoms with Gasteiger partial charge in [0.1, 0.15) is 5.82 Å². The van der Waals surface area contributed by atoms with E-state index in [1.165, 1.54) is 16.8 Å². The van der Waals surface area contributed by atoms with E-state index in [1.807, 2.05) is 0 Å². The van der Waals surface area contributed by atoms with Gasteiger partial charge in [0.2, 0.25) is 0 Å². The first kappa shape index (κ1) is 10.1. The number of benzene rings is 1. The van der Waals surface area contributed by atoms with E-state index in [0.717, 1.165) is 28.8 Å². The maximum Gasteiger partial charge on any atom is 0.108 e. The number of nitrogens with two attached hydrogens (primary N) is 1. The molecule has 1 aliphatic rings. The second-order valence-corrected chi connectivity index (χ2v) is 4.85. The third-order valence-corrected chi connectivity index (χ3v) is 3.68. The van der Waals surface area contributed by atoms with Crippen molar-refractivity contribution in [1.29, 1.82) is 0 Å². The molecule has 16 heavy (non-hydrogen) atoms. The fourth-order valence-corrected chi connectivity index (χ4v) is 2.71. The van der Waals surface area contributed by atoms with E-state index < -0.39 is 0 Å². The van der Waals surface area contributed by atoms with Gasteiger partial charge in [0.05, 0.1) is 5.69 Å². The molecule has 0 atom stereocenters. The van der Waals surface area contributed by atoms with Gasteiger partial charge >= 0.3 is 0 Å². The summed E-state index contributed by atoms with van der Waals surface area (Å²) in [6.07, 6.45) is 1.75. The third kappa shape index (κ3) is 1.41. The van der Waals surface area contributed by atoms with E-state index in [9.17, 15) is 0 Å². The number of aromatic nitrogens is 2. The molecule has 3 rings (SSSR count). The number of nitrogens with one attached hydrogen (secondary N) is 1. The highest BCUT2D eigenvalue weighted by molar-refractivity contribution is 9.10. The number of aromatic amines is 1. The average Bonchev–Trinajstić information content (AvgIpc) is 2.77. The van der Waals surface area contributed by atoms with Crippen LogP contribution >= 0.6 is 15.9 Å². The Morgan fingerprint density at radius 2 is 2.31 bits per heavy atom. The Kier molecular flexibility index (Phi) is 2.33. The quantitative estimate of drug-likeness (QED) is 0.755. The summed E-state index contributed by atoms with van der Waals surface area (Å²) < 4.78 is 1.16. The molecule has 1 heterocycles. The predicted molar refractivity (Wildman–Crippen MR) is 67.3 cm³/mol. The number of rotatable bonds is 2. The summed E-state index contributed by atoms with van der Waals surface area (Å²) in [5, 5.41) is 0. The van der Waals surface area contributed by atoms with E-state index in [4.69, 9.17) is 5.73 Å². The summed E-state index contributed by atoms with van der Waals surface area (Å²) in [5.74, 6) is 0.998. The largest absolute Gasteiger partial charge is 0.345 e. The van der Waals surface area contributed by atoms with Crippen molar-refractivity contribution in [2.75, 3.05) is 6.54 Å². The van der Waals surface area contributed by atoms with Crippen LogP contribution in [0.5, 0.6) is 0 Å². The van der Waals surface area contributed by atoms with Crippen LogP contribution in [0.15, 0.2) is 22.7 Å². The van der Waals surface area contributed by atoms with Crippen LogP contribution in [-0.2, 0) is 12.8 Å². The first-order chi connectivity index (χ1) is 7.79. The highest BCUT2D eigenvalue weighted by atomic mass is 79.9. The van der Waals surface area contributed by atoms with Crippen molar-refractivity contribution in [2.45, 2.75) is 12.8 Å². The van der Waals surface area contributed by atoms with Gasteiger partial charge in [0.25, 0.3) is 0 Å². The van der Waals surface area contributed by atoms with Crippen molar-refractivity contribution in [3.8, 4) is 11.3 Å². The molecule has 3 nitrogen and oxygen atoms in total. The zero-order valence-electron chi connectivity index (χ0n) is 8.76. The van der Waals surface area contributed by atoms with Gasteiger partial charge in [-0.05, 0) is 18.2 Å². The molecule has 0 spiro atoms. The molecule has 1 aliphatic carbocycles. The standard InChI is InChI=1S/C12H12BrN3/c13-9-3-1-2-7-8(9)6-10-12(7)16-11(15-10)4-5-14/h1-3H,4-6,14H2,(H,15,16). The lowest BCUT2D eigenvalue weighted by molar-refractivity contribution is 0.886. The topological polar surface area (TPSA) is 54.7 Å². The summed E-state index contributed by atoms with van der Waals surface area (Å²) in [4.78, 5) is 7.96. The number of fused-ring (bicyclic) bond motifs is 3. The smallest absolute Gasteiger partial charge is 0.108 e. The fourth-order valence-electron chi connectivity index (χ4n) is 2.21. The molecule has 0 bridgehead atoms. The third-order valence-electron chi connectivity index (χ3n) is 2.94. The molecule has 82 valence electrons. The summed E-state index contributed by atoms with van der Waals surface area (Å²) in [6.45, 7) is 0.637. The Bertz CT molecular complexity index is 545. The molecular weight excluding hydrogens is 266 g/mol. The summed E-state index contributed by atoms with van der Waals surface area (Å²) in [6, 6.07) is 6.25. The molecule has 0 unspecified atom stereocenters. The molecule has 0 saturated heterocycles. The second-order valence-electron chi connectivity index (χ2n) is 3.99. The van der Waals surface area contributed by atoms with Crippen LogP contribution in [0.3, 0.4) is 0 Å². The minimum absolute atomic E-state index is 0.637. The first-order valence-corrected chi connectivity index (χ1v) is 6.14. The molecule has 1 aromatic heterocycles. The molecule has 2 aromatic rings. The zero-order chi connectivity index (χ0) is 11.1. The van der Waals surface area contributed by atoms with Crippen LogP contribution in [0.1, 0.15) is 17.1 Å². The van der Waals surface area contributed by atoms with Gasteiger partial charge in [-0.15, -0.1) is 0 Å². The van der Waals surface area contributed by atoms with Crippen LogP contribution in [-0.4, -0.2) is 16.5 Å². The van der Waals surface area contributed by atoms with Crippen LogP contribution in [0.2, 0.25) is 0 Å². The Morgan fingerprint density at radius 1 is 1.44 bits per heavy atom. The molecular formula is C12H12BrN3. The number of hydrogen-bond donors (Lipinski definition) is 2. The maximum absolute atomic E-state index is 5.53. The highest BCUT2D eigenvalue weighted by Crippen LogP contribution is 2.38. The van der Waals surface area contributed by atoms with Crippen molar-refractivity contribution < 1.29 is 0 Å². The molecule has 0 saturated carbocycles. The maximum atomic E-state index is 5.53. The fraction of sp³-hybridized carbons (Fsp3) is 0.250. The van der Waals surface area contributed by atoms with Crippen LogP contribution in [0, 0.1) is 0 Å². The van der Waals surface area contributed by atoms with Gasteiger partial charge in [-0.2, -0.15) is 0 Å². The lowest BCUT2D eigenvalue weighted by Crippen LogP contribution is -2.04. The van der Waals surface area contributed by atoms with E-state index in [2.05, 4.69) is 44.1 Å². The molecule has 0 amide bonds. The molecule has 0 radical (unpaired) electrons. The highest BCUT2D eigenvalue weighted by Gasteiger charge is 2.23. The average molecular weight is 278 g/mol. The van der Waals surface area contributed by atoms with Crippen molar-refractivity contribution in [1.82, 2.24) is 9.97 Å². The van der Waals surface area contributed by atoms with Gasteiger partial charge in [-0.3, -0.25) is 0 Å². The van der Waals surface area contributed by atoms with E-state index in [-0.39, 0.29) is 0 Å². The number of nitrogens with zero attached hydrogens (tertiary/aromatic N) is 1. The summed E-state index contributed by atoms with van der Waals surface area (Å²) >= 11 is 3.58. The van der Waals surface area contributed by atoms with Gasteiger partial charge in [-0.1, -0.05) is 28.1 Å².